The van der Waals surface area contributed by atoms with Crippen molar-refractivity contribution in [2.75, 3.05) is 31.1 Å². The number of anilines is 1. The van der Waals surface area contributed by atoms with E-state index in [1.807, 2.05) is 4.90 Å². The SMILES string of the molecule is CC1CN(C2CC2)CCc2sc(N3CCN(C4CCC(CCC(=O)O)CC4)C3=O)nc21. The molecule has 4 aliphatic rings. The number of rotatable bonds is 6. The van der Waals surface area contributed by atoms with E-state index >= 15 is 0 Å². The number of hydrogen-bond acceptors (Lipinski definition) is 5. The Balaban J connectivity index is 1.20. The number of carboxylic acid groups (broad SMARTS) is 1. The molecule has 1 aromatic rings. The molecule has 3 heterocycles. The third-order valence-electron chi connectivity index (χ3n) is 7.68. The van der Waals surface area contributed by atoms with Crippen LogP contribution in [0.1, 0.15) is 74.8 Å². The van der Waals surface area contributed by atoms with Crippen molar-refractivity contribution in [2.45, 2.75) is 82.7 Å². The molecule has 0 aromatic carbocycles. The zero-order valence-corrected chi connectivity index (χ0v) is 19.3. The van der Waals surface area contributed by atoms with Crippen molar-refractivity contribution in [1.82, 2.24) is 14.8 Å². The average Bonchev–Trinajstić information content (AvgIpc) is 3.44. The predicted octanol–water partition coefficient (Wildman–Crippen LogP) is 3.93. The molecule has 1 atom stereocenters. The largest absolute Gasteiger partial charge is 0.481 e. The first-order valence-electron chi connectivity index (χ1n) is 12.0. The summed E-state index contributed by atoms with van der Waals surface area (Å²) in [4.78, 5) is 37.0. The molecule has 0 bridgehead atoms. The summed E-state index contributed by atoms with van der Waals surface area (Å²) in [5.74, 6) is 0.217. The molecule has 7 nitrogen and oxygen atoms in total. The van der Waals surface area contributed by atoms with Crippen LogP contribution in [-0.4, -0.2) is 70.2 Å². The number of carbonyl (C=O) groups excluding carboxylic acids is 1. The maximum atomic E-state index is 13.2. The van der Waals surface area contributed by atoms with Crippen molar-refractivity contribution in [3.63, 3.8) is 0 Å². The quantitative estimate of drug-likeness (QED) is 0.716. The van der Waals surface area contributed by atoms with Crippen LogP contribution in [0.15, 0.2) is 0 Å². The van der Waals surface area contributed by atoms with E-state index in [-0.39, 0.29) is 12.5 Å². The first kappa shape index (κ1) is 21.2. The summed E-state index contributed by atoms with van der Waals surface area (Å²) in [7, 11) is 0. The molecule has 3 fully saturated rings. The van der Waals surface area contributed by atoms with Gasteiger partial charge in [0.2, 0.25) is 0 Å². The third kappa shape index (κ3) is 4.46. The monoisotopic (exact) mass is 446 g/mol. The van der Waals surface area contributed by atoms with Crippen molar-refractivity contribution >= 4 is 28.5 Å². The number of thiazole rings is 1. The van der Waals surface area contributed by atoms with Crippen molar-refractivity contribution in [3.05, 3.63) is 10.6 Å². The fraction of sp³-hybridized carbons (Fsp3) is 0.783. The van der Waals surface area contributed by atoms with Crippen LogP contribution in [0.4, 0.5) is 9.93 Å². The minimum Gasteiger partial charge on any atom is -0.481 e. The predicted molar refractivity (Wildman–Crippen MR) is 121 cm³/mol. The van der Waals surface area contributed by atoms with Gasteiger partial charge in [0.1, 0.15) is 0 Å². The molecule has 1 aromatic heterocycles. The summed E-state index contributed by atoms with van der Waals surface area (Å²) in [6.07, 6.45) is 8.82. The van der Waals surface area contributed by atoms with Gasteiger partial charge in [-0.2, -0.15) is 0 Å². The van der Waals surface area contributed by atoms with Gasteiger partial charge in [0.15, 0.2) is 5.13 Å². The smallest absolute Gasteiger partial charge is 0.326 e. The van der Waals surface area contributed by atoms with Gasteiger partial charge < -0.3 is 10.0 Å². The Hall–Kier alpha value is -1.67. The fourth-order valence-corrected chi connectivity index (χ4v) is 6.91. The normalized spacial score (nSPS) is 29.8. The highest BCUT2D eigenvalue weighted by atomic mass is 32.1. The van der Waals surface area contributed by atoms with Crippen LogP contribution in [0.5, 0.6) is 0 Å². The maximum Gasteiger partial charge on any atom is 0.326 e. The van der Waals surface area contributed by atoms with Gasteiger partial charge in [-0.15, -0.1) is 11.3 Å². The Kier molecular flexibility index (Phi) is 5.94. The number of carboxylic acids is 1. The average molecular weight is 447 g/mol. The molecule has 8 heteroatoms. The van der Waals surface area contributed by atoms with Gasteiger partial charge in [0.25, 0.3) is 0 Å². The second-order valence-corrected chi connectivity index (χ2v) is 11.0. The minimum atomic E-state index is -0.705. The van der Waals surface area contributed by atoms with E-state index < -0.39 is 5.97 Å². The molecule has 2 aliphatic heterocycles. The Morgan fingerprint density at radius 1 is 1.10 bits per heavy atom. The number of hydrogen-bond donors (Lipinski definition) is 1. The summed E-state index contributed by atoms with van der Waals surface area (Å²) in [5, 5.41) is 9.80. The van der Waals surface area contributed by atoms with Crippen LogP contribution < -0.4 is 4.90 Å². The minimum absolute atomic E-state index is 0.116. The van der Waals surface area contributed by atoms with E-state index in [1.165, 1.54) is 23.4 Å². The molecule has 1 N–H and O–H groups in total. The van der Waals surface area contributed by atoms with E-state index in [0.29, 0.717) is 17.9 Å². The molecular formula is C23H34N4O3S. The van der Waals surface area contributed by atoms with E-state index in [4.69, 9.17) is 10.1 Å². The molecule has 0 radical (unpaired) electrons. The molecule has 0 spiro atoms. The number of nitrogens with zero attached hydrogens (tertiary/aromatic N) is 4. The summed E-state index contributed by atoms with van der Waals surface area (Å²) in [6, 6.07) is 1.21. The van der Waals surface area contributed by atoms with Gasteiger partial charge in [-0.3, -0.25) is 14.6 Å². The molecule has 31 heavy (non-hydrogen) atoms. The van der Waals surface area contributed by atoms with Crippen LogP contribution in [0.25, 0.3) is 0 Å². The number of carbonyl (C=O) groups is 2. The molecule has 2 saturated carbocycles. The summed E-state index contributed by atoms with van der Waals surface area (Å²) in [6.45, 7) is 6.00. The van der Waals surface area contributed by atoms with Crippen LogP contribution in [0.2, 0.25) is 0 Å². The van der Waals surface area contributed by atoms with Crippen LogP contribution >= 0.6 is 11.3 Å². The van der Waals surface area contributed by atoms with Gasteiger partial charge in [-0.25, -0.2) is 9.78 Å². The fourth-order valence-electron chi connectivity index (χ4n) is 5.72. The lowest BCUT2D eigenvalue weighted by Gasteiger charge is -2.34. The molecule has 5 rings (SSSR count). The topological polar surface area (TPSA) is 77.0 Å². The zero-order chi connectivity index (χ0) is 21.5. The highest BCUT2D eigenvalue weighted by Crippen LogP contribution is 2.39. The van der Waals surface area contributed by atoms with Crippen molar-refractivity contribution in [2.24, 2.45) is 5.92 Å². The van der Waals surface area contributed by atoms with Gasteiger partial charge >= 0.3 is 12.0 Å². The van der Waals surface area contributed by atoms with Crippen molar-refractivity contribution in [3.8, 4) is 0 Å². The lowest BCUT2D eigenvalue weighted by molar-refractivity contribution is -0.137. The van der Waals surface area contributed by atoms with Crippen molar-refractivity contribution in [1.29, 1.82) is 0 Å². The number of fused-ring (bicyclic) bond motifs is 1. The second kappa shape index (κ2) is 8.70. The highest BCUT2D eigenvalue weighted by molar-refractivity contribution is 7.16. The van der Waals surface area contributed by atoms with Gasteiger partial charge in [-0.05, 0) is 57.3 Å². The standard InChI is InChI=1S/C23H34N4O3S/c1-15-14-25(17-7-8-17)11-10-19-21(15)24-22(31-19)27-13-12-26(23(27)30)18-5-2-16(3-6-18)4-9-20(28)29/h15-18H,2-14H2,1H3,(H,28,29). The number of amides is 2. The summed E-state index contributed by atoms with van der Waals surface area (Å²) >= 11 is 1.73. The lowest BCUT2D eigenvalue weighted by atomic mass is 9.83. The van der Waals surface area contributed by atoms with E-state index in [9.17, 15) is 9.59 Å². The molecular weight excluding hydrogens is 412 g/mol. The Morgan fingerprint density at radius 2 is 1.84 bits per heavy atom. The van der Waals surface area contributed by atoms with E-state index in [1.54, 1.807) is 11.3 Å². The van der Waals surface area contributed by atoms with Gasteiger partial charge in [0, 0.05) is 55.5 Å². The zero-order valence-electron chi connectivity index (χ0n) is 18.5. The van der Waals surface area contributed by atoms with Crippen LogP contribution in [0.3, 0.4) is 0 Å². The lowest BCUT2D eigenvalue weighted by Crippen LogP contribution is -2.41. The van der Waals surface area contributed by atoms with Gasteiger partial charge in [-0.1, -0.05) is 6.92 Å². The summed E-state index contributed by atoms with van der Waals surface area (Å²) in [5.41, 5.74) is 1.22. The first-order chi connectivity index (χ1) is 15.0. The Bertz CT molecular complexity index is 831. The highest BCUT2D eigenvalue weighted by Gasteiger charge is 2.39. The molecule has 2 aliphatic carbocycles. The molecule has 1 unspecified atom stereocenters. The number of urea groups is 1. The van der Waals surface area contributed by atoms with E-state index in [2.05, 4.69) is 16.7 Å². The van der Waals surface area contributed by atoms with Crippen LogP contribution in [0, 0.1) is 5.92 Å². The summed E-state index contributed by atoms with van der Waals surface area (Å²) < 4.78 is 0. The maximum absolute atomic E-state index is 13.2. The van der Waals surface area contributed by atoms with Crippen molar-refractivity contribution < 1.29 is 14.7 Å². The van der Waals surface area contributed by atoms with Crippen LogP contribution in [-0.2, 0) is 11.2 Å². The Labute approximate surface area is 188 Å². The Morgan fingerprint density at radius 3 is 2.55 bits per heavy atom. The first-order valence-corrected chi connectivity index (χ1v) is 12.8. The third-order valence-corrected chi connectivity index (χ3v) is 8.83. The van der Waals surface area contributed by atoms with E-state index in [0.717, 1.165) is 75.9 Å². The molecule has 2 amide bonds. The number of aliphatic carboxylic acids is 1. The second-order valence-electron chi connectivity index (χ2n) is 9.92. The molecule has 1 saturated heterocycles. The van der Waals surface area contributed by atoms with Gasteiger partial charge in [0.05, 0.1) is 5.69 Å². The number of aromatic nitrogens is 1. The molecule has 170 valence electrons.